The molecule has 110 valence electrons. The molecule has 1 unspecified atom stereocenters. The maximum absolute atomic E-state index is 10.6. The van der Waals surface area contributed by atoms with E-state index in [0.29, 0.717) is 6.04 Å². The number of hydrogen-bond acceptors (Lipinski definition) is 3. The van der Waals surface area contributed by atoms with Gasteiger partial charge in [0, 0.05) is 24.4 Å². The molecule has 0 radical (unpaired) electrons. The van der Waals surface area contributed by atoms with Gasteiger partial charge in [-0.05, 0) is 36.9 Å². The predicted molar refractivity (Wildman–Crippen MR) is 87.0 cm³/mol. The van der Waals surface area contributed by atoms with E-state index in [9.17, 15) is 4.79 Å². The van der Waals surface area contributed by atoms with Crippen molar-refractivity contribution in [2.24, 2.45) is 0 Å². The molecule has 20 heavy (non-hydrogen) atoms. The van der Waals surface area contributed by atoms with Crippen LogP contribution in [0.25, 0.3) is 6.08 Å². The maximum atomic E-state index is 10.6. The van der Waals surface area contributed by atoms with Crippen LogP contribution in [0.3, 0.4) is 0 Å². The second kappa shape index (κ2) is 8.82. The van der Waals surface area contributed by atoms with Crippen molar-refractivity contribution in [2.45, 2.75) is 25.9 Å². The van der Waals surface area contributed by atoms with Crippen molar-refractivity contribution in [3.63, 3.8) is 0 Å². The predicted octanol–water partition coefficient (Wildman–Crippen LogP) is 3.36. The third-order valence-electron chi connectivity index (χ3n) is 3.33. The first kappa shape index (κ1) is 16.8. The molecule has 0 aliphatic heterocycles. The van der Waals surface area contributed by atoms with E-state index in [1.165, 1.54) is 6.08 Å². The molecule has 1 aromatic rings. The minimum absolute atomic E-state index is 0.543. The largest absolute Gasteiger partial charge is 0.478 e. The van der Waals surface area contributed by atoms with Gasteiger partial charge in [-0.15, -0.1) is 0 Å². The number of thioether (sulfide) groups is 1. The average Bonchev–Trinajstić information content (AvgIpc) is 2.43. The zero-order chi connectivity index (χ0) is 15.0. The van der Waals surface area contributed by atoms with Crippen LogP contribution in [0.2, 0.25) is 0 Å². The minimum atomic E-state index is -0.915. The molecule has 1 N–H and O–H groups in total. The zero-order valence-corrected chi connectivity index (χ0v) is 13.2. The number of aliphatic carboxylic acids is 1. The van der Waals surface area contributed by atoms with Gasteiger partial charge < -0.3 is 5.11 Å². The summed E-state index contributed by atoms with van der Waals surface area (Å²) in [6.07, 6.45) is 6.10. The summed E-state index contributed by atoms with van der Waals surface area (Å²) in [5.41, 5.74) is 2.13. The summed E-state index contributed by atoms with van der Waals surface area (Å²) < 4.78 is 0. The van der Waals surface area contributed by atoms with Crippen LogP contribution in [0, 0.1) is 0 Å². The lowest BCUT2D eigenvalue weighted by Crippen LogP contribution is -2.32. The van der Waals surface area contributed by atoms with Crippen LogP contribution in [0.15, 0.2) is 30.3 Å². The summed E-state index contributed by atoms with van der Waals surface area (Å²) in [5, 5.41) is 8.74. The molecule has 0 saturated heterocycles. The van der Waals surface area contributed by atoms with E-state index in [2.05, 4.69) is 31.2 Å². The number of carboxylic acid groups (broad SMARTS) is 1. The Balaban J connectivity index is 2.83. The fourth-order valence-corrected chi connectivity index (χ4v) is 3.02. The highest BCUT2D eigenvalue weighted by atomic mass is 32.2. The Labute approximate surface area is 125 Å². The van der Waals surface area contributed by atoms with Gasteiger partial charge >= 0.3 is 5.97 Å². The van der Waals surface area contributed by atoms with E-state index >= 15 is 0 Å². The standard InChI is InChI=1S/C16H23NO2S/c1-4-15(12-20-3)17(2)11-14-8-6-5-7-13(14)9-10-16(18)19/h5-10,15H,4,11-12H2,1-3H3,(H,18,19)/b10-9+. The molecule has 0 aromatic heterocycles. The molecule has 0 fully saturated rings. The second-order valence-electron chi connectivity index (χ2n) is 4.80. The minimum Gasteiger partial charge on any atom is -0.478 e. The molecule has 0 aliphatic carbocycles. The Morgan fingerprint density at radius 2 is 2.15 bits per heavy atom. The number of nitrogens with zero attached hydrogens (tertiary/aromatic N) is 1. The highest BCUT2D eigenvalue weighted by molar-refractivity contribution is 7.98. The molecule has 0 aliphatic rings. The number of rotatable bonds is 8. The normalized spacial score (nSPS) is 13.0. The number of carbonyl (C=O) groups is 1. The molecule has 0 amide bonds. The second-order valence-corrected chi connectivity index (χ2v) is 5.71. The van der Waals surface area contributed by atoms with Gasteiger partial charge in [0.05, 0.1) is 0 Å². The SMILES string of the molecule is CCC(CSC)N(C)Cc1ccccc1/C=C/C(=O)O. The van der Waals surface area contributed by atoms with Crippen molar-refractivity contribution in [2.75, 3.05) is 19.1 Å². The molecule has 1 rings (SSSR count). The van der Waals surface area contributed by atoms with Crippen LogP contribution in [0.4, 0.5) is 0 Å². The van der Waals surface area contributed by atoms with Crippen LogP contribution >= 0.6 is 11.8 Å². The monoisotopic (exact) mass is 293 g/mol. The van der Waals surface area contributed by atoms with Crippen LogP contribution in [-0.2, 0) is 11.3 Å². The molecular weight excluding hydrogens is 270 g/mol. The Bertz CT molecular complexity index is 460. The van der Waals surface area contributed by atoms with Gasteiger partial charge in [0.15, 0.2) is 0 Å². The highest BCUT2D eigenvalue weighted by Gasteiger charge is 2.13. The topological polar surface area (TPSA) is 40.5 Å². The maximum Gasteiger partial charge on any atom is 0.328 e. The fourth-order valence-electron chi connectivity index (χ4n) is 2.15. The van der Waals surface area contributed by atoms with Crippen LogP contribution in [-0.4, -0.2) is 41.1 Å². The molecule has 1 aromatic carbocycles. The average molecular weight is 293 g/mol. The van der Waals surface area contributed by atoms with E-state index in [1.54, 1.807) is 6.08 Å². The number of carboxylic acids is 1. The first-order valence-corrected chi connectivity index (χ1v) is 8.16. The molecule has 4 heteroatoms. The molecule has 0 saturated carbocycles. The van der Waals surface area contributed by atoms with Crippen molar-refractivity contribution in [3.8, 4) is 0 Å². The van der Waals surface area contributed by atoms with Gasteiger partial charge in [0.2, 0.25) is 0 Å². The lowest BCUT2D eigenvalue weighted by Gasteiger charge is -2.27. The van der Waals surface area contributed by atoms with E-state index in [0.717, 1.165) is 29.8 Å². The Morgan fingerprint density at radius 1 is 1.45 bits per heavy atom. The van der Waals surface area contributed by atoms with Gasteiger partial charge in [-0.2, -0.15) is 11.8 Å². The van der Waals surface area contributed by atoms with Gasteiger partial charge in [0.1, 0.15) is 0 Å². The number of benzene rings is 1. The van der Waals surface area contributed by atoms with Crippen LogP contribution in [0.1, 0.15) is 24.5 Å². The van der Waals surface area contributed by atoms with Crippen molar-refractivity contribution in [3.05, 3.63) is 41.5 Å². The smallest absolute Gasteiger partial charge is 0.328 e. The molecule has 0 spiro atoms. The lowest BCUT2D eigenvalue weighted by molar-refractivity contribution is -0.131. The Hall–Kier alpha value is -1.26. The van der Waals surface area contributed by atoms with E-state index < -0.39 is 5.97 Å². The zero-order valence-electron chi connectivity index (χ0n) is 12.4. The molecule has 0 bridgehead atoms. The van der Waals surface area contributed by atoms with Crippen molar-refractivity contribution >= 4 is 23.8 Å². The Kier molecular flexibility index (Phi) is 7.41. The van der Waals surface area contributed by atoms with Gasteiger partial charge in [-0.1, -0.05) is 31.2 Å². The molecule has 0 heterocycles. The summed E-state index contributed by atoms with van der Waals surface area (Å²) in [5.74, 6) is 0.196. The first-order chi connectivity index (χ1) is 9.58. The fraction of sp³-hybridized carbons (Fsp3) is 0.438. The van der Waals surface area contributed by atoms with E-state index in [4.69, 9.17) is 5.11 Å². The summed E-state index contributed by atoms with van der Waals surface area (Å²) in [7, 11) is 2.13. The quantitative estimate of drug-likeness (QED) is 0.746. The molecule has 1 atom stereocenters. The van der Waals surface area contributed by atoms with Gasteiger partial charge in [0.25, 0.3) is 0 Å². The lowest BCUT2D eigenvalue weighted by atomic mass is 10.1. The van der Waals surface area contributed by atoms with Crippen molar-refractivity contribution in [1.82, 2.24) is 4.90 Å². The van der Waals surface area contributed by atoms with Gasteiger partial charge in [-0.3, -0.25) is 4.90 Å². The van der Waals surface area contributed by atoms with Crippen molar-refractivity contribution in [1.29, 1.82) is 0 Å². The van der Waals surface area contributed by atoms with Crippen LogP contribution < -0.4 is 0 Å². The third kappa shape index (κ3) is 5.39. The van der Waals surface area contributed by atoms with Crippen molar-refractivity contribution < 1.29 is 9.90 Å². The summed E-state index contributed by atoms with van der Waals surface area (Å²) in [4.78, 5) is 13.0. The molecule has 3 nitrogen and oxygen atoms in total. The first-order valence-electron chi connectivity index (χ1n) is 6.76. The summed E-state index contributed by atoms with van der Waals surface area (Å²) in [6.45, 7) is 3.03. The summed E-state index contributed by atoms with van der Waals surface area (Å²) >= 11 is 1.86. The van der Waals surface area contributed by atoms with Crippen LogP contribution in [0.5, 0.6) is 0 Å². The van der Waals surface area contributed by atoms with E-state index in [-0.39, 0.29) is 0 Å². The Morgan fingerprint density at radius 3 is 2.75 bits per heavy atom. The summed E-state index contributed by atoms with van der Waals surface area (Å²) in [6, 6.07) is 8.49. The van der Waals surface area contributed by atoms with E-state index in [1.807, 2.05) is 30.0 Å². The number of hydrogen-bond donors (Lipinski definition) is 1. The molecular formula is C16H23NO2S. The highest BCUT2D eigenvalue weighted by Crippen LogP contribution is 2.16. The third-order valence-corrected chi connectivity index (χ3v) is 4.05. The van der Waals surface area contributed by atoms with Gasteiger partial charge in [-0.25, -0.2) is 4.79 Å².